The molecule has 7 heteroatoms. The molecule has 1 heterocycles. The molecular weight excluding hydrogens is 359 g/mol. The minimum Gasteiger partial charge on any atom is -0.264 e. The highest BCUT2D eigenvalue weighted by molar-refractivity contribution is 7.71. The van der Waals surface area contributed by atoms with E-state index in [9.17, 15) is 13.2 Å². The molecule has 0 atom stereocenters. The average Bonchev–Trinajstić information content (AvgIpc) is 2.90. The predicted molar refractivity (Wildman–Crippen MR) is 95.5 cm³/mol. The molecule has 0 spiro atoms. The summed E-state index contributed by atoms with van der Waals surface area (Å²) in [6.45, 7) is 1.72. The van der Waals surface area contributed by atoms with Gasteiger partial charge in [-0.25, -0.2) is 4.68 Å². The van der Waals surface area contributed by atoms with Gasteiger partial charge in [-0.05, 0) is 55.0 Å². The lowest BCUT2D eigenvalue weighted by Gasteiger charge is -2.12. The van der Waals surface area contributed by atoms with E-state index in [-0.39, 0.29) is 4.77 Å². The number of hydrogen-bond donors (Lipinski definition) is 0. The summed E-state index contributed by atoms with van der Waals surface area (Å²) in [4.78, 5) is 0. The van der Waals surface area contributed by atoms with Crippen molar-refractivity contribution in [2.75, 3.05) is 0 Å². The van der Waals surface area contributed by atoms with Crippen LogP contribution in [0.4, 0.5) is 13.2 Å². The number of benzene rings is 2. The summed E-state index contributed by atoms with van der Waals surface area (Å²) in [6.07, 6.45) is -4.60. The molecule has 0 aliphatic heterocycles. The molecule has 2 aromatic carbocycles. The van der Waals surface area contributed by atoms with Crippen molar-refractivity contribution in [2.24, 2.45) is 7.05 Å². The zero-order valence-corrected chi connectivity index (χ0v) is 14.8. The second-order valence-corrected chi connectivity index (χ2v) is 6.05. The number of alkyl halides is 3. The van der Waals surface area contributed by atoms with Gasteiger partial charge in [0.1, 0.15) is 0 Å². The van der Waals surface area contributed by atoms with E-state index in [0.29, 0.717) is 16.8 Å². The van der Waals surface area contributed by atoms with Crippen molar-refractivity contribution < 1.29 is 13.2 Å². The Kier molecular flexibility index (Phi) is 4.70. The quantitative estimate of drug-likeness (QED) is 0.457. The van der Waals surface area contributed by atoms with Crippen LogP contribution < -0.4 is 0 Å². The first-order valence-corrected chi connectivity index (χ1v) is 8.09. The first-order chi connectivity index (χ1) is 12.3. The van der Waals surface area contributed by atoms with E-state index in [4.69, 9.17) is 12.2 Å². The molecule has 0 N–H and O–H groups in total. The molecule has 0 bridgehead atoms. The Morgan fingerprint density at radius 3 is 2.27 bits per heavy atom. The molecule has 3 aromatic rings. The Hall–Kier alpha value is -2.85. The lowest BCUT2D eigenvalue weighted by Crippen LogP contribution is -2.14. The number of aryl methyl sites for hydroxylation is 2. The summed E-state index contributed by atoms with van der Waals surface area (Å²) < 4.78 is 41.8. The van der Waals surface area contributed by atoms with E-state index in [1.54, 1.807) is 25.1 Å². The van der Waals surface area contributed by atoms with Crippen LogP contribution >= 0.6 is 12.2 Å². The molecule has 0 aliphatic rings. The summed E-state index contributed by atoms with van der Waals surface area (Å²) >= 11 is 5.11. The topological polar surface area (TPSA) is 22.8 Å². The standard InChI is InChI=1S/C19H14F3N3S/c1-13-12-15(9-8-14-6-4-3-5-7-14)10-11-16(13)25-17(19(20,21)22)23-24(2)18(25)26/h3-7,10-12H,1-2H3. The van der Waals surface area contributed by atoms with Gasteiger partial charge in [-0.1, -0.05) is 30.0 Å². The van der Waals surface area contributed by atoms with E-state index in [2.05, 4.69) is 16.9 Å². The van der Waals surface area contributed by atoms with Gasteiger partial charge in [-0.3, -0.25) is 4.57 Å². The largest absolute Gasteiger partial charge is 0.452 e. The minimum atomic E-state index is -4.60. The van der Waals surface area contributed by atoms with Gasteiger partial charge in [0.15, 0.2) is 0 Å². The van der Waals surface area contributed by atoms with Crippen molar-refractivity contribution in [1.29, 1.82) is 0 Å². The predicted octanol–water partition coefficient (Wildman–Crippen LogP) is 4.67. The van der Waals surface area contributed by atoms with Gasteiger partial charge in [0.05, 0.1) is 5.69 Å². The molecule has 0 saturated carbocycles. The van der Waals surface area contributed by atoms with Crippen LogP contribution in [0, 0.1) is 23.5 Å². The molecule has 0 fully saturated rings. The lowest BCUT2D eigenvalue weighted by atomic mass is 10.1. The Labute approximate surface area is 153 Å². The zero-order chi connectivity index (χ0) is 18.9. The fraction of sp³-hybridized carbons (Fsp3) is 0.158. The summed E-state index contributed by atoms with van der Waals surface area (Å²) in [7, 11) is 1.39. The minimum absolute atomic E-state index is 0.0245. The molecule has 3 rings (SSSR count). The summed E-state index contributed by atoms with van der Waals surface area (Å²) in [5, 5.41) is 3.52. The van der Waals surface area contributed by atoms with E-state index in [1.165, 1.54) is 7.05 Å². The SMILES string of the molecule is Cc1cc(C#Cc2ccccc2)ccc1-n1c(C(F)(F)F)nn(C)c1=S. The molecule has 1 aromatic heterocycles. The van der Waals surface area contributed by atoms with Crippen LogP contribution in [-0.2, 0) is 13.2 Å². The fourth-order valence-electron chi connectivity index (χ4n) is 2.52. The molecule has 0 radical (unpaired) electrons. The third-order valence-corrected chi connectivity index (χ3v) is 4.19. The van der Waals surface area contributed by atoms with Gasteiger partial charge in [0.25, 0.3) is 0 Å². The van der Waals surface area contributed by atoms with Crippen LogP contribution in [-0.4, -0.2) is 14.3 Å². The number of nitrogens with zero attached hydrogens (tertiary/aromatic N) is 3. The van der Waals surface area contributed by atoms with Crippen molar-refractivity contribution in [3.05, 3.63) is 75.8 Å². The van der Waals surface area contributed by atoms with Crippen molar-refractivity contribution >= 4 is 12.2 Å². The molecule has 0 amide bonds. The number of hydrogen-bond acceptors (Lipinski definition) is 2. The van der Waals surface area contributed by atoms with Crippen LogP contribution in [0.1, 0.15) is 22.5 Å². The average molecular weight is 373 g/mol. The van der Waals surface area contributed by atoms with E-state index < -0.39 is 12.0 Å². The molecule has 0 aliphatic carbocycles. The highest BCUT2D eigenvalue weighted by atomic mass is 32.1. The summed E-state index contributed by atoms with van der Waals surface area (Å²) in [6, 6.07) is 14.4. The number of halogens is 3. The van der Waals surface area contributed by atoms with Crippen molar-refractivity contribution in [3.63, 3.8) is 0 Å². The molecule has 3 nitrogen and oxygen atoms in total. The molecule has 0 unspecified atom stereocenters. The fourth-order valence-corrected chi connectivity index (χ4v) is 2.74. The van der Waals surface area contributed by atoms with Gasteiger partial charge in [-0.2, -0.15) is 13.2 Å². The van der Waals surface area contributed by atoms with Gasteiger partial charge in [-0.15, -0.1) is 5.10 Å². The maximum Gasteiger partial charge on any atom is 0.452 e. The Morgan fingerprint density at radius 2 is 1.65 bits per heavy atom. The first-order valence-electron chi connectivity index (χ1n) is 7.69. The van der Waals surface area contributed by atoms with Crippen LogP contribution in [0.15, 0.2) is 48.5 Å². The van der Waals surface area contributed by atoms with E-state index in [1.807, 2.05) is 30.3 Å². The highest BCUT2D eigenvalue weighted by Gasteiger charge is 2.38. The van der Waals surface area contributed by atoms with E-state index >= 15 is 0 Å². The Morgan fingerprint density at radius 1 is 1.00 bits per heavy atom. The second-order valence-electron chi connectivity index (χ2n) is 5.68. The highest BCUT2D eigenvalue weighted by Crippen LogP contribution is 2.31. The van der Waals surface area contributed by atoms with Crippen LogP contribution in [0.5, 0.6) is 0 Å². The summed E-state index contributed by atoms with van der Waals surface area (Å²) in [5.74, 6) is 5.00. The van der Waals surface area contributed by atoms with Gasteiger partial charge < -0.3 is 0 Å². The van der Waals surface area contributed by atoms with E-state index in [0.717, 1.165) is 14.8 Å². The van der Waals surface area contributed by atoms with Gasteiger partial charge in [0, 0.05) is 18.2 Å². The van der Waals surface area contributed by atoms with Crippen LogP contribution in [0.2, 0.25) is 0 Å². The third kappa shape index (κ3) is 3.55. The second kappa shape index (κ2) is 6.81. The Bertz CT molecular complexity index is 1070. The first kappa shape index (κ1) is 18.0. The van der Waals surface area contributed by atoms with Gasteiger partial charge >= 0.3 is 6.18 Å². The maximum atomic E-state index is 13.3. The van der Waals surface area contributed by atoms with Crippen LogP contribution in [0.25, 0.3) is 5.69 Å². The van der Waals surface area contributed by atoms with Gasteiger partial charge in [0.2, 0.25) is 10.6 Å². The summed E-state index contributed by atoms with van der Waals surface area (Å²) in [5.41, 5.74) is 2.53. The monoisotopic (exact) mass is 373 g/mol. The maximum absolute atomic E-state index is 13.3. The third-order valence-electron chi connectivity index (χ3n) is 3.74. The van der Waals surface area contributed by atoms with Crippen molar-refractivity contribution in [1.82, 2.24) is 14.3 Å². The zero-order valence-electron chi connectivity index (χ0n) is 14.0. The van der Waals surface area contributed by atoms with Crippen molar-refractivity contribution in [3.8, 4) is 17.5 Å². The number of aromatic nitrogens is 3. The molecular formula is C19H14F3N3S. The van der Waals surface area contributed by atoms with Crippen molar-refractivity contribution in [2.45, 2.75) is 13.1 Å². The molecule has 132 valence electrons. The molecule has 26 heavy (non-hydrogen) atoms. The lowest BCUT2D eigenvalue weighted by molar-refractivity contribution is -0.146. The number of rotatable bonds is 1. The Balaban J connectivity index is 2.05. The molecule has 0 saturated heterocycles. The smallest absolute Gasteiger partial charge is 0.264 e. The van der Waals surface area contributed by atoms with Crippen LogP contribution in [0.3, 0.4) is 0 Å². The normalized spacial score (nSPS) is 11.1.